The number of methoxy groups -OCH3 is 1. The monoisotopic (exact) mass is 291 g/mol. The van der Waals surface area contributed by atoms with E-state index >= 15 is 0 Å². The van der Waals surface area contributed by atoms with Crippen LogP contribution in [0.5, 0.6) is 0 Å². The second-order valence-electron chi connectivity index (χ2n) is 5.28. The summed E-state index contributed by atoms with van der Waals surface area (Å²) in [6, 6.07) is 7.14. The number of nitrogens with one attached hydrogen (secondary N) is 1. The summed E-state index contributed by atoms with van der Waals surface area (Å²) in [6.45, 7) is 3.00. The molecule has 1 amide bonds. The van der Waals surface area contributed by atoms with Gasteiger partial charge in [-0.1, -0.05) is 24.3 Å². The van der Waals surface area contributed by atoms with Crippen LogP contribution in [-0.4, -0.2) is 38.2 Å². The van der Waals surface area contributed by atoms with E-state index in [9.17, 15) is 9.59 Å². The lowest BCUT2D eigenvalue weighted by molar-refractivity contribution is -0.145. The Morgan fingerprint density at radius 1 is 1.43 bits per heavy atom. The van der Waals surface area contributed by atoms with Gasteiger partial charge in [-0.15, -0.1) is 0 Å². The summed E-state index contributed by atoms with van der Waals surface area (Å²) >= 11 is 0. The number of rotatable bonds is 5. The molecular weight excluding hydrogens is 270 g/mol. The number of aryl methyl sites for hydroxylation is 1. The Kier molecular flexibility index (Phi) is 5.33. The minimum Gasteiger partial charge on any atom is -0.467 e. The minimum absolute atomic E-state index is 0.142. The quantitative estimate of drug-likeness (QED) is 0.829. The highest BCUT2D eigenvalue weighted by molar-refractivity contribution is 5.86. The molecule has 0 aliphatic carbocycles. The van der Waals surface area contributed by atoms with Crippen molar-refractivity contribution < 1.29 is 19.1 Å². The van der Waals surface area contributed by atoms with Crippen molar-refractivity contribution in [1.82, 2.24) is 5.32 Å². The third-order valence-corrected chi connectivity index (χ3v) is 3.79. The normalized spacial score (nSPS) is 19.0. The predicted molar refractivity (Wildman–Crippen MR) is 77.8 cm³/mol. The van der Waals surface area contributed by atoms with E-state index in [4.69, 9.17) is 9.47 Å². The topological polar surface area (TPSA) is 64.6 Å². The molecule has 0 unspecified atom stereocenters. The van der Waals surface area contributed by atoms with Crippen LogP contribution >= 0.6 is 0 Å². The summed E-state index contributed by atoms with van der Waals surface area (Å²) in [5, 5.41) is 2.79. The van der Waals surface area contributed by atoms with Crippen molar-refractivity contribution in [3.05, 3.63) is 35.4 Å². The van der Waals surface area contributed by atoms with Gasteiger partial charge in [0.1, 0.15) is 6.04 Å². The molecule has 0 saturated carbocycles. The molecule has 1 heterocycles. The fourth-order valence-electron chi connectivity index (χ4n) is 2.43. The number of esters is 1. The van der Waals surface area contributed by atoms with E-state index in [1.165, 1.54) is 7.11 Å². The molecule has 0 aromatic heterocycles. The van der Waals surface area contributed by atoms with Crippen molar-refractivity contribution in [2.24, 2.45) is 5.92 Å². The Balaban J connectivity index is 2.06. The molecule has 21 heavy (non-hydrogen) atoms. The van der Waals surface area contributed by atoms with Gasteiger partial charge in [0.15, 0.2) is 0 Å². The lowest BCUT2D eigenvalue weighted by Crippen LogP contribution is -2.45. The van der Waals surface area contributed by atoms with Gasteiger partial charge in [0.25, 0.3) is 0 Å². The zero-order chi connectivity index (χ0) is 15.2. The first-order valence-electron chi connectivity index (χ1n) is 7.12. The summed E-state index contributed by atoms with van der Waals surface area (Å²) in [5.74, 6) is -0.740. The highest BCUT2D eigenvalue weighted by Gasteiger charge is 2.28. The largest absolute Gasteiger partial charge is 0.467 e. The van der Waals surface area contributed by atoms with Gasteiger partial charge in [0.2, 0.25) is 5.91 Å². The van der Waals surface area contributed by atoms with Crippen LogP contribution in [0.2, 0.25) is 0 Å². The van der Waals surface area contributed by atoms with E-state index in [0.717, 1.165) is 11.1 Å². The smallest absolute Gasteiger partial charge is 0.328 e. The fourth-order valence-corrected chi connectivity index (χ4v) is 2.43. The third-order valence-electron chi connectivity index (χ3n) is 3.79. The molecule has 1 aromatic rings. The number of hydrogen-bond acceptors (Lipinski definition) is 4. The van der Waals surface area contributed by atoms with Gasteiger partial charge in [-0.25, -0.2) is 4.79 Å². The highest BCUT2D eigenvalue weighted by Crippen LogP contribution is 2.14. The summed E-state index contributed by atoms with van der Waals surface area (Å²) in [6.07, 6.45) is 1.13. The molecular formula is C16H21NO4. The molecule has 1 N–H and O–H groups in total. The maximum Gasteiger partial charge on any atom is 0.328 e. The van der Waals surface area contributed by atoms with Gasteiger partial charge in [-0.05, 0) is 24.5 Å². The van der Waals surface area contributed by atoms with Crippen LogP contribution in [0.4, 0.5) is 0 Å². The molecule has 5 heteroatoms. The average Bonchev–Trinajstić information content (AvgIpc) is 3.02. The lowest BCUT2D eigenvalue weighted by Gasteiger charge is -2.19. The minimum atomic E-state index is -0.663. The van der Waals surface area contributed by atoms with Gasteiger partial charge in [-0.3, -0.25) is 4.79 Å². The second-order valence-corrected chi connectivity index (χ2v) is 5.28. The van der Waals surface area contributed by atoms with Crippen molar-refractivity contribution >= 4 is 11.9 Å². The van der Waals surface area contributed by atoms with Gasteiger partial charge < -0.3 is 14.8 Å². The first-order valence-corrected chi connectivity index (χ1v) is 7.12. The first-order chi connectivity index (χ1) is 10.1. The first kappa shape index (κ1) is 15.5. The molecule has 1 aliphatic rings. The van der Waals surface area contributed by atoms with Crippen LogP contribution in [0.15, 0.2) is 24.3 Å². The number of benzene rings is 1. The van der Waals surface area contributed by atoms with E-state index in [1.807, 2.05) is 31.2 Å². The molecule has 1 saturated heterocycles. The molecule has 1 aliphatic heterocycles. The molecule has 1 fully saturated rings. The molecule has 2 rings (SSSR count). The van der Waals surface area contributed by atoms with Gasteiger partial charge in [0, 0.05) is 13.0 Å². The van der Waals surface area contributed by atoms with Crippen molar-refractivity contribution in [1.29, 1.82) is 0 Å². The molecule has 2 atom stereocenters. The second kappa shape index (κ2) is 7.22. The molecule has 1 aromatic carbocycles. The van der Waals surface area contributed by atoms with E-state index in [-0.39, 0.29) is 11.8 Å². The number of amides is 1. The Bertz CT molecular complexity index is 509. The van der Waals surface area contributed by atoms with E-state index in [0.29, 0.717) is 26.1 Å². The van der Waals surface area contributed by atoms with Gasteiger partial charge >= 0.3 is 5.97 Å². The Labute approximate surface area is 124 Å². The number of ether oxygens (including phenoxy) is 2. The maximum absolute atomic E-state index is 12.2. The van der Waals surface area contributed by atoms with Crippen LogP contribution in [0, 0.1) is 12.8 Å². The zero-order valence-electron chi connectivity index (χ0n) is 12.4. The van der Waals surface area contributed by atoms with E-state index in [2.05, 4.69) is 5.32 Å². The molecule has 0 bridgehead atoms. The van der Waals surface area contributed by atoms with Gasteiger partial charge in [-0.2, -0.15) is 0 Å². The number of carbonyl (C=O) groups is 2. The summed E-state index contributed by atoms with van der Waals surface area (Å²) in [5.41, 5.74) is 2.11. The van der Waals surface area contributed by atoms with Crippen LogP contribution in [0.1, 0.15) is 17.5 Å². The summed E-state index contributed by atoms with van der Waals surface area (Å²) in [4.78, 5) is 24.1. The van der Waals surface area contributed by atoms with Crippen molar-refractivity contribution in [3.8, 4) is 0 Å². The molecule has 5 nitrogen and oxygen atoms in total. The lowest BCUT2D eigenvalue weighted by atomic mass is 10.00. The average molecular weight is 291 g/mol. The van der Waals surface area contributed by atoms with Crippen LogP contribution in [0.3, 0.4) is 0 Å². The van der Waals surface area contributed by atoms with Crippen LogP contribution in [-0.2, 0) is 25.5 Å². The summed E-state index contributed by atoms with van der Waals surface area (Å²) < 4.78 is 10.0. The van der Waals surface area contributed by atoms with E-state index in [1.54, 1.807) is 0 Å². The van der Waals surface area contributed by atoms with Crippen LogP contribution in [0.25, 0.3) is 0 Å². The Hall–Kier alpha value is -1.88. The van der Waals surface area contributed by atoms with Crippen molar-refractivity contribution in [3.63, 3.8) is 0 Å². The molecule has 0 spiro atoms. The highest BCUT2D eigenvalue weighted by atomic mass is 16.5. The van der Waals surface area contributed by atoms with Gasteiger partial charge in [0.05, 0.1) is 19.6 Å². The Morgan fingerprint density at radius 3 is 2.81 bits per heavy atom. The number of carbonyl (C=O) groups excluding carboxylic acids is 2. The standard InChI is InChI=1S/C16H21NO4/c1-11-5-3-4-6-12(11)9-14(16(19)20-2)17-15(18)13-7-8-21-10-13/h3-6,13-14H,7-10H2,1-2H3,(H,17,18)/t13-,14+/m0/s1. The maximum atomic E-state index is 12.2. The number of hydrogen-bond donors (Lipinski definition) is 1. The summed E-state index contributed by atoms with van der Waals surface area (Å²) in [7, 11) is 1.33. The van der Waals surface area contributed by atoms with Crippen LogP contribution < -0.4 is 5.32 Å². The Morgan fingerprint density at radius 2 is 2.19 bits per heavy atom. The third kappa shape index (κ3) is 4.04. The van der Waals surface area contributed by atoms with Crippen molar-refractivity contribution in [2.45, 2.75) is 25.8 Å². The zero-order valence-corrected chi connectivity index (χ0v) is 12.4. The van der Waals surface area contributed by atoms with E-state index < -0.39 is 12.0 Å². The fraction of sp³-hybridized carbons (Fsp3) is 0.500. The predicted octanol–water partition coefficient (Wildman–Crippen LogP) is 1.23. The SMILES string of the molecule is COC(=O)[C@@H](Cc1ccccc1C)NC(=O)[C@H]1CCOC1. The molecule has 114 valence electrons. The molecule has 0 radical (unpaired) electrons. The van der Waals surface area contributed by atoms with Crippen molar-refractivity contribution in [2.75, 3.05) is 20.3 Å².